The quantitative estimate of drug-likeness (QED) is 0.703. The van der Waals surface area contributed by atoms with Crippen LogP contribution in [0.25, 0.3) is 0 Å². The number of halogens is 3. The molecule has 21 heavy (non-hydrogen) atoms. The maximum absolute atomic E-state index is 3.48. The minimum absolute atomic E-state index is 0. The zero-order valence-corrected chi connectivity index (χ0v) is 16.1. The fourth-order valence-electron chi connectivity index (χ4n) is 3.67. The van der Waals surface area contributed by atoms with Crippen molar-refractivity contribution in [3.8, 4) is 0 Å². The summed E-state index contributed by atoms with van der Waals surface area (Å²) in [6, 6.07) is 9.89. The van der Waals surface area contributed by atoms with E-state index >= 15 is 0 Å². The van der Waals surface area contributed by atoms with Crippen LogP contribution in [0.15, 0.2) is 24.3 Å². The molecule has 1 N–H and O–H groups in total. The molecule has 0 unspecified atom stereocenters. The van der Waals surface area contributed by atoms with Crippen molar-refractivity contribution in [3.63, 3.8) is 0 Å². The first-order valence-electron chi connectivity index (χ1n) is 7.55. The zero-order valence-electron chi connectivity index (χ0n) is 12.3. The summed E-state index contributed by atoms with van der Waals surface area (Å²) in [5, 5.41) is 3.48. The van der Waals surface area contributed by atoms with E-state index in [9.17, 15) is 0 Å². The normalized spacial score (nSPS) is 21.4. The molecule has 1 heterocycles. The predicted molar refractivity (Wildman–Crippen MR) is 103 cm³/mol. The van der Waals surface area contributed by atoms with Gasteiger partial charge in [-0.05, 0) is 59.0 Å². The van der Waals surface area contributed by atoms with Gasteiger partial charge in [-0.1, -0.05) is 25.0 Å². The van der Waals surface area contributed by atoms with Crippen LogP contribution in [0, 0.1) is 9.49 Å². The van der Waals surface area contributed by atoms with Gasteiger partial charge in [-0.15, -0.1) is 24.8 Å². The highest BCUT2D eigenvalue weighted by Crippen LogP contribution is 2.39. The molecular weight excluding hydrogens is 418 g/mol. The molecule has 1 atom stereocenters. The Morgan fingerprint density at radius 2 is 1.57 bits per heavy atom. The minimum Gasteiger partial charge on any atom is -0.314 e. The molecule has 0 spiro atoms. The molecule has 2 aliphatic rings. The van der Waals surface area contributed by atoms with Gasteiger partial charge < -0.3 is 5.32 Å². The Bertz CT molecular complexity index is 401. The van der Waals surface area contributed by atoms with Crippen LogP contribution in [0.4, 0.5) is 0 Å². The Hall–Kier alpha value is 0.450. The van der Waals surface area contributed by atoms with Gasteiger partial charge in [0.1, 0.15) is 0 Å². The number of hydrogen-bond donors (Lipinski definition) is 1. The van der Waals surface area contributed by atoms with E-state index in [1.807, 2.05) is 0 Å². The standard InChI is InChI=1S/C16H23IN2.2ClH/c17-15-7-5-14(6-8-15)16(13-3-1-2-4-13)19-11-9-18-10-12-19;;/h5-8,13,16,18H,1-4,9-12H2;2*1H/t16-;;/m0../s1. The number of nitrogens with one attached hydrogen (secondary N) is 1. The molecule has 1 aliphatic heterocycles. The first-order valence-corrected chi connectivity index (χ1v) is 8.63. The first-order chi connectivity index (χ1) is 9.34. The highest BCUT2D eigenvalue weighted by molar-refractivity contribution is 14.1. The Morgan fingerprint density at radius 1 is 1.00 bits per heavy atom. The third-order valence-electron chi connectivity index (χ3n) is 4.60. The van der Waals surface area contributed by atoms with Crippen LogP contribution in [0.2, 0.25) is 0 Å². The molecule has 0 radical (unpaired) electrons. The molecule has 1 aliphatic carbocycles. The molecule has 2 nitrogen and oxygen atoms in total. The molecular formula is C16H25Cl2IN2. The fraction of sp³-hybridized carbons (Fsp3) is 0.625. The van der Waals surface area contributed by atoms with Crippen LogP contribution in [0.5, 0.6) is 0 Å². The summed E-state index contributed by atoms with van der Waals surface area (Å²) in [5.74, 6) is 0.873. The van der Waals surface area contributed by atoms with Crippen molar-refractivity contribution in [2.75, 3.05) is 26.2 Å². The third kappa shape index (κ3) is 4.96. The van der Waals surface area contributed by atoms with Crippen molar-refractivity contribution in [1.82, 2.24) is 10.2 Å². The van der Waals surface area contributed by atoms with Gasteiger partial charge in [-0.25, -0.2) is 0 Å². The van der Waals surface area contributed by atoms with E-state index in [1.54, 1.807) is 0 Å². The highest BCUT2D eigenvalue weighted by Gasteiger charge is 2.31. The summed E-state index contributed by atoms with van der Waals surface area (Å²) in [6.45, 7) is 4.70. The second-order valence-electron chi connectivity index (χ2n) is 5.83. The Balaban J connectivity index is 0.00000110. The Labute approximate surface area is 154 Å². The number of rotatable bonds is 3. The second-order valence-corrected chi connectivity index (χ2v) is 7.07. The van der Waals surface area contributed by atoms with E-state index in [0.717, 1.165) is 19.0 Å². The molecule has 5 heteroatoms. The lowest BCUT2D eigenvalue weighted by molar-refractivity contribution is 0.125. The number of piperazine rings is 1. The third-order valence-corrected chi connectivity index (χ3v) is 5.32. The van der Waals surface area contributed by atoms with Crippen LogP contribution in [-0.4, -0.2) is 31.1 Å². The molecule has 1 saturated heterocycles. The average Bonchev–Trinajstić information content (AvgIpc) is 2.96. The van der Waals surface area contributed by atoms with Gasteiger partial charge in [0.05, 0.1) is 0 Å². The molecule has 0 aromatic heterocycles. The van der Waals surface area contributed by atoms with E-state index in [4.69, 9.17) is 0 Å². The van der Waals surface area contributed by atoms with E-state index in [2.05, 4.69) is 57.1 Å². The maximum Gasteiger partial charge on any atom is 0.0377 e. The number of nitrogens with zero attached hydrogens (tertiary/aromatic N) is 1. The van der Waals surface area contributed by atoms with Crippen molar-refractivity contribution in [3.05, 3.63) is 33.4 Å². The second kappa shape index (κ2) is 9.56. The summed E-state index contributed by atoms with van der Waals surface area (Å²) < 4.78 is 1.34. The van der Waals surface area contributed by atoms with Crippen LogP contribution >= 0.6 is 47.4 Å². The van der Waals surface area contributed by atoms with Crippen LogP contribution < -0.4 is 5.32 Å². The van der Waals surface area contributed by atoms with Crippen molar-refractivity contribution in [1.29, 1.82) is 0 Å². The molecule has 0 bridgehead atoms. The maximum atomic E-state index is 3.48. The lowest BCUT2D eigenvalue weighted by Gasteiger charge is -2.38. The lowest BCUT2D eigenvalue weighted by atomic mass is 9.90. The smallest absolute Gasteiger partial charge is 0.0377 e. The summed E-state index contributed by atoms with van der Waals surface area (Å²) >= 11 is 2.40. The van der Waals surface area contributed by atoms with Gasteiger partial charge in [0.15, 0.2) is 0 Å². The van der Waals surface area contributed by atoms with Gasteiger partial charge in [-0.3, -0.25) is 4.90 Å². The van der Waals surface area contributed by atoms with Crippen molar-refractivity contribution < 1.29 is 0 Å². The summed E-state index contributed by atoms with van der Waals surface area (Å²) in [4.78, 5) is 2.72. The topological polar surface area (TPSA) is 15.3 Å². The summed E-state index contributed by atoms with van der Waals surface area (Å²) in [7, 11) is 0. The predicted octanol–water partition coefficient (Wildman–Crippen LogP) is 4.27. The van der Waals surface area contributed by atoms with Gasteiger partial charge in [-0.2, -0.15) is 0 Å². The van der Waals surface area contributed by atoms with Crippen molar-refractivity contribution in [2.45, 2.75) is 31.7 Å². The lowest BCUT2D eigenvalue weighted by Crippen LogP contribution is -2.46. The fourth-order valence-corrected chi connectivity index (χ4v) is 4.03. The molecule has 2 fully saturated rings. The van der Waals surface area contributed by atoms with E-state index in [-0.39, 0.29) is 24.8 Å². The van der Waals surface area contributed by atoms with E-state index in [1.165, 1.54) is 47.9 Å². The number of hydrogen-bond acceptors (Lipinski definition) is 2. The van der Waals surface area contributed by atoms with Crippen molar-refractivity contribution >= 4 is 47.4 Å². The minimum atomic E-state index is 0. The van der Waals surface area contributed by atoms with Gasteiger partial charge >= 0.3 is 0 Å². The average molecular weight is 443 g/mol. The SMILES string of the molecule is Cl.Cl.Ic1ccc([C@H](C2CCCC2)N2CCNCC2)cc1. The highest BCUT2D eigenvalue weighted by atomic mass is 127. The van der Waals surface area contributed by atoms with E-state index in [0.29, 0.717) is 6.04 Å². The Morgan fingerprint density at radius 3 is 2.14 bits per heavy atom. The molecule has 1 aromatic rings. The van der Waals surface area contributed by atoms with Crippen LogP contribution in [0.3, 0.4) is 0 Å². The van der Waals surface area contributed by atoms with Gasteiger partial charge in [0.2, 0.25) is 0 Å². The summed E-state index contributed by atoms with van der Waals surface area (Å²) in [5.41, 5.74) is 1.54. The zero-order chi connectivity index (χ0) is 13.1. The van der Waals surface area contributed by atoms with Gasteiger partial charge in [0, 0.05) is 35.8 Å². The van der Waals surface area contributed by atoms with Gasteiger partial charge in [0.25, 0.3) is 0 Å². The molecule has 1 aromatic carbocycles. The number of benzene rings is 1. The molecule has 120 valence electrons. The molecule has 3 rings (SSSR count). The summed E-state index contributed by atoms with van der Waals surface area (Å²) in [6.07, 6.45) is 5.69. The first kappa shape index (κ1) is 19.5. The van der Waals surface area contributed by atoms with Crippen LogP contribution in [0.1, 0.15) is 37.3 Å². The van der Waals surface area contributed by atoms with E-state index < -0.39 is 0 Å². The van der Waals surface area contributed by atoms with Crippen LogP contribution in [-0.2, 0) is 0 Å². The Kier molecular flexibility index (Phi) is 8.87. The largest absolute Gasteiger partial charge is 0.314 e. The monoisotopic (exact) mass is 442 g/mol. The molecule has 1 saturated carbocycles. The van der Waals surface area contributed by atoms with Crippen molar-refractivity contribution in [2.24, 2.45) is 5.92 Å². The molecule has 0 amide bonds.